The number of nitrogens with one attached hydrogen (secondary N) is 1. The molecule has 0 spiro atoms. The van der Waals surface area contributed by atoms with Gasteiger partial charge in [-0.05, 0) is 31.5 Å². The third kappa shape index (κ3) is 5.58. The van der Waals surface area contributed by atoms with Crippen molar-refractivity contribution in [3.63, 3.8) is 0 Å². The molecule has 0 atom stereocenters. The van der Waals surface area contributed by atoms with Crippen LogP contribution >= 0.6 is 23.2 Å². The van der Waals surface area contributed by atoms with Gasteiger partial charge in [-0.3, -0.25) is 4.79 Å². The molecule has 0 saturated heterocycles. The van der Waals surface area contributed by atoms with Crippen molar-refractivity contribution in [2.75, 3.05) is 19.7 Å². The Bertz CT molecular complexity index is 400. The third-order valence-corrected chi connectivity index (χ3v) is 2.95. The van der Waals surface area contributed by atoms with Gasteiger partial charge in [0.1, 0.15) is 5.75 Å². The van der Waals surface area contributed by atoms with E-state index in [4.69, 9.17) is 33.7 Å². The maximum atomic E-state index is 11.4. The predicted octanol–water partition coefficient (Wildman–Crippen LogP) is 2.23. The van der Waals surface area contributed by atoms with E-state index in [0.717, 1.165) is 12.8 Å². The molecule has 1 aromatic rings. The molecule has 0 radical (unpaired) electrons. The van der Waals surface area contributed by atoms with Crippen LogP contribution in [0.3, 0.4) is 0 Å². The Morgan fingerprint density at radius 3 is 2.72 bits per heavy atom. The topological polar surface area (TPSA) is 64.3 Å². The number of unbranched alkanes of at least 4 members (excludes halogenated alkanes) is 1. The van der Waals surface area contributed by atoms with Gasteiger partial charge in [-0.2, -0.15) is 0 Å². The number of carbonyl (C=O) groups is 1. The number of carbonyl (C=O) groups excluding carboxylic acids is 1. The third-order valence-electron chi connectivity index (χ3n) is 2.21. The van der Waals surface area contributed by atoms with Crippen LogP contribution in [0.1, 0.15) is 12.8 Å². The van der Waals surface area contributed by atoms with E-state index >= 15 is 0 Å². The molecule has 0 aromatic heterocycles. The zero-order chi connectivity index (χ0) is 13.4. The Morgan fingerprint density at radius 2 is 2.06 bits per heavy atom. The average molecular weight is 291 g/mol. The second kappa shape index (κ2) is 8.19. The van der Waals surface area contributed by atoms with Gasteiger partial charge >= 0.3 is 0 Å². The van der Waals surface area contributed by atoms with Crippen LogP contribution in [0.5, 0.6) is 5.75 Å². The highest BCUT2D eigenvalue weighted by atomic mass is 35.5. The maximum absolute atomic E-state index is 11.4. The van der Waals surface area contributed by atoms with Crippen molar-refractivity contribution in [3.05, 3.63) is 28.2 Å². The van der Waals surface area contributed by atoms with Crippen molar-refractivity contribution in [1.82, 2.24) is 5.32 Å². The lowest BCUT2D eigenvalue weighted by atomic mass is 10.3. The summed E-state index contributed by atoms with van der Waals surface area (Å²) >= 11 is 11.6. The first kappa shape index (κ1) is 15.1. The molecule has 0 aliphatic rings. The maximum Gasteiger partial charge on any atom is 0.257 e. The molecule has 4 nitrogen and oxygen atoms in total. The lowest BCUT2D eigenvalue weighted by molar-refractivity contribution is -0.123. The van der Waals surface area contributed by atoms with Crippen LogP contribution in [0.25, 0.3) is 0 Å². The highest BCUT2D eigenvalue weighted by Crippen LogP contribution is 2.26. The first-order valence-corrected chi connectivity index (χ1v) is 6.43. The molecule has 0 unspecified atom stereocenters. The summed E-state index contributed by atoms with van der Waals surface area (Å²) in [7, 11) is 0. The van der Waals surface area contributed by atoms with Crippen molar-refractivity contribution in [2.24, 2.45) is 5.73 Å². The van der Waals surface area contributed by atoms with Crippen molar-refractivity contribution < 1.29 is 9.53 Å². The van der Waals surface area contributed by atoms with Gasteiger partial charge in [0.2, 0.25) is 0 Å². The lowest BCUT2D eigenvalue weighted by Crippen LogP contribution is -2.29. The van der Waals surface area contributed by atoms with Gasteiger partial charge in [-0.1, -0.05) is 23.2 Å². The van der Waals surface area contributed by atoms with Gasteiger partial charge in [-0.15, -0.1) is 0 Å². The standard InChI is InChI=1S/C12H16Cl2N2O2/c13-10-4-3-9(7-11(10)14)18-8-12(17)16-6-2-1-5-15/h3-4,7H,1-2,5-6,8,15H2,(H,16,17). The van der Waals surface area contributed by atoms with E-state index < -0.39 is 0 Å². The largest absolute Gasteiger partial charge is 0.484 e. The quantitative estimate of drug-likeness (QED) is 0.757. The summed E-state index contributed by atoms with van der Waals surface area (Å²) in [6.07, 6.45) is 1.77. The molecule has 0 bridgehead atoms. The fourth-order valence-electron chi connectivity index (χ4n) is 1.26. The smallest absolute Gasteiger partial charge is 0.257 e. The van der Waals surface area contributed by atoms with Crippen molar-refractivity contribution in [3.8, 4) is 5.75 Å². The van der Waals surface area contributed by atoms with Crippen LogP contribution in [-0.4, -0.2) is 25.6 Å². The van der Waals surface area contributed by atoms with Crippen molar-refractivity contribution in [2.45, 2.75) is 12.8 Å². The van der Waals surface area contributed by atoms with Crippen LogP contribution in [-0.2, 0) is 4.79 Å². The zero-order valence-corrected chi connectivity index (χ0v) is 11.4. The van der Waals surface area contributed by atoms with Gasteiger partial charge in [0.15, 0.2) is 6.61 Å². The minimum atomic E-state index is -0.168. The van der Waals surface area contributed by atoms with Crippen LogP contribution in [0.4, 0.5) is 0 Å². The van der Waals surface area contributed by atoms with E-state index in [1.165, 1.54) is 0 Å². The molecule has 1 amide bonds. The monoisotopic (exact) mass is 290 g/mol. The van der Waals surface area contributed by atoms with E-state index in [1.54, 1.807) is 18.2 Å². The molecule has 0 saturated carbocycles. The summed E-state index contributed by atoms with van der Waals surface area (Å²) in [5.41, 5.74) is 5.35. The molecule has 0 heterocycles. The van der Waals surface area contributed by atoms with Gasteiger partial charge in [-0.25, -0.2) is 0 Å². The summed E-state index contributed by atoms with van der Waals surface area (Å²) in [5.74, 6) is 0.347. The lowest BCUT2D eigenvalue weighted by Gasteiger charge is -2.07. The van der Waals surface area contributed by atoms with Crippen LogP contribution < -0.4 is 15.8 Å². The number of rotatable bonds is 7. The Labute approximate surface area is 116 Å². The fraction of sp³-hybridized carbons (Fsp3) is 0.417. The van der Waals surface area contributed by atoms with E-state index in [1.807, 2.05) is 0 Å². The molecule has 1 rings (SSSR count). The van der Waals surface area contributed by atoms with E-state index in [-0.39, 0.29) is 12.5 Å². The van der Waals surface area contributed by atoms with E-state index in [2.05, 4.69) is 5.32 Å². The normalized spacial score (nSPS) is 10.2. The molecule has 0 aliphatic heterocycles. The van der Waals surface area contributed by atoms with E-state index in [9.17, 15) is 4.79 Å². The zero-order valence-electron chi connectivity index (χ0n) is 9.92. The molecule has 0 fully saturated rings. The molecule has 100 valence electrons. The minimum absolute atomic E-state index is 0.0411. The Balaban J connectivity index is 2.27. The average Bonchev–Trinajstić information content (AvgIpc) is 2.36. The molecular weight excluding hydrogens is 275 g/mol. The van der Waals surface area contributed by atoms with E-state index in [0.29, 0.717) is 28.9 Å². The summed E-state index contributed by atoms with van der Waals surface area (Å²) < 4.78 is 5.28. The van der Waals surface area contributed by atoms with Crippen LogP contribution in [0, 0.1) is 0 Å². The minimum Gasteiger partial charge on any atom is -0.484 e. The number of benzene rings is 1. The number of amides is 1. The van der Waals surface area contributed by atoms with Gasteiger partial charge in [0, 0.05) is 12.6 Å². The molecule has 1 aromatic carbocycles. The second-order valence-corrected chi connectivity index (χ2v) is 4.52. The fourth-order valence-corrected chi connectivity index (χ4v) is 1.55. The Kier molecular flexibility index (Phi) is 6.86. The van der Waals surface area contributed by atoms with Crippen LogP contribution in [0.15, 0.2) is 18.2 Å². The highest BCUT2D eigenvalue weighted by molar-refractivity contribution is 6.42. The summed E-state index contributed by atoms with van der Waals surface area (Å²) in [5, 5.41) is 3.59. The number of ether oxygens (including phenoxy) is 1. The van der Waals surface area contributed by atoms with Gasteiger partial charge in [0.05, 0.1) is 10.0 Å². The molecular formula is C12H16Cl2N2O2. The molecule has 18 heavy (non-hydrogen) atoms. The molecule has 3 N–H and O–H groups in total. The first-order valence-electron chi connectivity index (χ1n) is 5.68. The predicted molar refractivity (Wildman–Crippen MR) is 73.3 cm³/mol. The van der Waals surface area contributed by atoms with Crippen molar-refractivity contribution in [1.29, 1.82) is 0 Å². The van der Waals surface area contributed by atoms with Crippen molar-refractivity contribution >= 4 is 29.1 Å². The summed E-state index contributed by atoms with van der Waals surface area (Å²) in [4.78, 5) is 11.4. The second-order valence-electron chi connectivity index (χ2n) is 3.71. The van der Waals surface area contributed by atoms with Crippen LogP contribution in [0.2, 0.25) is 10.0 Å². The number of halogens is 2. The first-order chi connectivity index (χ1) is 8.63. The van der Waals surface area contributed by atoms with Gasteiger partial charge in [0.25, 0.3) is 5.91 Å². The highest BCUT2D eigenvalue weighted by Gasteiger charge is 2.04. The summed E-state index contributed by atoms with van der Waals surface area (Å²) in [6.45, 7) is 1.21. The summed E-state index contributed by atoms with van der Waals surface area (Å²) in [6, 6.07) is 4.86. The molecule has 6 heteroatoms. The Morgan fingerprint density at radius 1 is 1.28 bits per heavy atom. The number of nitrogens with two attached hydrogens (primary N) is 1. The number of hydrogen-bond acceptors (Lipinski definition) is 3. The Hall–Kier alpha value is -0.970. The number of hydrogen-bond donors (Lipinski definition) is 2. The SMILES string of the molecule is NCCCCNC(=O)COc1ccc(Cl)c(Cl)c1. The van der Waals surface area contributed by atoms with Gasteiger partial charge < -0.3 is 15.8 Å². The molecule has 0 aliphatic carbocycles.